The number of fused-ring (bicyclic) bond motifs is 1. The highest BCUT2D eigenvalue weighted by molar-refractivity contribution is 6.34. The molecule has 2 aromatic carbocycles. The monoisotopic (exact) mass is 271 g/mol. The van der Waals surface area contributed by atoms with E-state index >= 15 is 0 Å². The zero-order chi connectivity index (χ0) is 13.1. The lowest BCUT2D eigenvalue weighted by molar-refractivity contribution is 0.935. The quantitative estimate of drug-likeness (QED) is 0.756. The maximum Gasteiger partial charge on any atom is 0.109 e. The normalized spacial score (nSPS) is 10.8. The summed E-state index contributed by atoms with van der Waals surface area (Å²) in [6.45, 7) is 0.835. The lowest BCUT2D eigenvalue weighted by Gasteiger charge is -2.03. The Morgan fingerprint density at radius 3 is 2.68 bits per heavy atom. The summed E-state index contributed by atoms with van der Waals surface area (Å²) in [5.74, 6) is 0.950. The summed E-state index contributed by atoms with van der Waals surface area (Å²) in [6, 6.07) is 15.9. The van der Waals surface area contributed by atoms with E-state index in [-0.39, 0.29) is 0 Å². The number of para-hydroxylation sites is 2. The fourth-order valence-corrected chi connectivity index (χ4v) is 2.26. The summed E-state index contributed by atoms with van der Waals surface area (Å²) < 4.78 is 0. The molecule has 19 heavy (non-hydrogen) atoms. The number of imidazole rings is 1. The third kappa shape index (κ3) is 2.71. The van der Waals surface area contributed by atoms with E-state index in [2.05, 4.69) is 27.4 Å². The summed E-state index contributed by atoms with van der Waals surface area (Å²) in [4.78, 5) is 7.80. The SMILES string of the molecule is Clc1cccc2[nH]c(CCNc3ccccc3)nc12. The van der Waals surface area contributed by atoms with E-state index in [1.54, 1.807) is 0 Å². The Morgan fingerprint density at radius 1 is 1.05 bits per heavy atom. The summed E-state index contributed by atoms with van der Waals surface area (Å²) in [5, 5.41) is 4.05. The molecule has 0 saturated heterocycles. The Bertz CT molecular complexity index is 676. The number of aromatic nitrogens is 2. The van der Waals surface area contributed by atoms with Crippen LogP contribution in [0, 0.1) is 0 Å². The van der Waals surface area contributed by atoms with E-state index in [0.717, 1.165) is 35.5 Å². The van der Waals surface area contributed by atoms with Crippen LogP contribution in [0.4, 0.5) is 5.69 Å². The molecule has 0 fully saturated rings. The molecular weight excluding hydrogens is 258 g/mol. The Labute approximate surface area is 116 Å². The Kier molecular flexibility index (Phi) is 3.38. The molecular formula is C15H14ClN3. The van der Waals surface area contributed by atoms with Gasteiger partial charge in [0.05, 0.1) is 10.5 Å². The summed E-state index contributed by atoms with van der Waals surface area (Å²) in [6.07, 6.45) is 0.833. The van der Waals surface area contributed by atoms with Crippen molar-refractivity contribution in [1.29, 1.82) is 0 Å². The molecule has 0 bridgehead atoms. The van der Waals surface area contributed by atoms with Gasteiger partial charge in [0.25, 0.3) is 0 Å². The van der Waals surface area contributed by atoms with E-state index in [4.69, 9.17) is 11.6 Å². The van der Waals surface area contributed by atoms with Crippen LogP contribution in [-0.2, 0) is 6.42 Å². The number of anilines is 1. The van der Waals surface area contributed by atoms with Gasteiger partial charge in [0.15, 0.2) is 0 Å². The second-order valence-corrected chi connectivity index (χ2v) is 4.77. The molecule has 0 spiro atoms. The summed E-state index contributed by atoms with van der Waals surface area (Å²) in [7, 11) is 0. The van der Waals surface area contributed by atoms with Crippen molar-refractivity contribution in [2.24, 2.45) is 0 Å². The van der Waals surface area contributed by atoms with E-state index < -0.39 is 0 Å². The second-order valence-electron chi connectivity index (χ2n) is 4.36. The van der Waals surface area contributed by atoms with Gasteiger partial charge in [0, 0.05) is 18.7 Å². The molecule has 3 nitrogen and oxygen atoms in total. The minimum Gasteiger partial charge on any atom is -0.385 e. The van der Waals surface area contributed by atoms with Crippen LogP contribution in [0.5, 0.6) is 0 Å². The smallest absolute Gasteiger partial charge is 0.109 e. The Hall–Kier alpha value is -2.00. The van der Waals surface area contributed by atoms with Crippen LogP contribution in [0.15, 0.2) is 48.5 Å². The van der Waals surface area contributed by atoms with Crippen LogP contribution < -0.4 is 5.32 Å². The lowest BCUT2D eigenvalue weighted by atomic mass is 10.3. The number of benzene rings is 2. The first-order valence-corrected chi connectivity index (χ1v) is 6.63. The van der Waals surface area contributed by atoms with Crippen molar-refractivity contribution < 1.29 is 0 Å². The van der Waals surface area contributed by atoms with Gasteiger partial charge in [-0.15, -0.1) is 0 Å². The van der Waals surface area contributed by atoms with Gasteiger partial charge >= 0.3 is 0 Å². The number of rotatable bonds is 4. The molecule has 0 unspecified atom stereocenters. The predicted molar refractivity (Wildman–Crippen MR) is 79.7 cm³/mol. The largest absolute Gasteiger partial charge is 0.385 e. The van der Waals surface area contributed by atoms with Crippen molar-refractivity contribution in [2.75, 3.05) is 11.9 Å². The molecule has 0 saturated carbocycles. The molecule has 2 N–H and O–H groups in total. The van der Waals surface area contributed by atoms with Crippen LogP contribution >= 0.6 is 11.6 Å². The first-order valence-electron chi connectivity index (χ1n) is 6.25. The third-order valence-corrected chi connectivity index (χ3v) is 3.28. The topological polar surface area (TPSA) is 40.7 Å². The molecule has 3 rings (SSSR count). The minimum atomic E-state index is 0.691. The van der Waals surface area contributed by atoms with Crippen LogP contribution in [0.2, 0.25) is 5.02 Å². The number of halogens is 1. The molecule has 4 heteroatoms. The lowest BCUT2D eigenvalue weighted by Crippen LogP contribution is -2.05. The van der Waals surface area contributed by atoms with Crippen LogP contribution in [0.3, 0.4) is 0 Å². The van der Waals surface area contributed by atoms with Gasteiger partial charge in [-0.1, -0.05) is 35.9 Å². The Morgan fingerprint density at radius 2 is 1.89 bits per heavy atom. The average molecular weight is 272 g/mol. The van der Waals surface area contributed by atoms with Gasteiger partial charge in [0.2, 0.25) is 0 Å². The highest BCUT2D eigenvalue weighted by atomic mass is 35.5. The van der Waals surface area contributed by atoms with Crippen LogP contribution in [-0.4, -0.2) is 16.5 Å². The molecule has 1 aromatic heterocycles. The van der Waals surface area contributed by atoms with E-state index in [0.29, 0.717) is 5.02 Å². The molecule has 0 aliphatic heterocycles. The molecule has 96 valence electrons. The summed E-state index contributed by atoms with van der Waals surface area (Å²) in [5.41, 5.74) is 2.96. The van der Waals surface area contributed by atoms with Gasteiger partial charge in [-0.05, 0) is 24.3 Å². The van der Waals surface area contributed by atoms with Crippen molar-refractivity contribution in [3.05, 3.63) is 59.4 Å². The van der Waals surface area contributed by atoms with Crippen LogP contribution in [0.1, 0.15) is 5.82 Å². The number of nitrogens with one attached hydrogen (secondary N) is 2. The molecule has 1 heterocycles. The van der Waals surface area contributed by atoms with E-state index in [9.17, 15) is 0 Å². The fourth-order valence-electron chi connectivity index (χ4n) is 2.05. The van der Waals surface area contributed by atoms with Gasteiger partial charge in [0.1, 0.15) is 11.3 Å². The zero-order valence-electron chi connectivity index (χ0n) is 10.4. The standard InChI is InChI=1S/C15H14ClN3/c16-12-7-4-8-13-15(12)19-14(18-13)9-10-17-11-5-2-1-3-6-11/h1-8,17H,9-10H2,(H,18,19). The van der Waals surface area contributed by atoms with E-state index in [1.165, 1.54) is 0 Å². The first-order chi connectivity index (χ1) is 9.33. The van der Waals surface area contributed by atoms with Gasteiger partial charge in [-0.3, -0.25) is 0 Å². The highest BCUT2D eigenvalue weighted by Crippen LogP contribution is 2.20. The van der Waals surface area contributed by atoms with E-state index in [1.807, 2.05) is 36.4 Å². The maximum absolute atomic E-state index is 6.10. The number of H-pyrrole nitrogens is 1. The maximum atomic E-state index is 6.10. The van der Waals surface area contributed by atoms with Gasteiger partial charge < -0.3 is 10.3 Å². The van der Waals surface area contributed by atoms with Crippen molar-refractivity contribution in [3.8, 4) is 0 Å². The third-order valence-electron chi connectivity index (χ3n) is 2.98. The van der Waals surface area contributed by atoms with Crippen molar-refractivity contribution in [3.63, 3.8) is 0 Å². The fraction of sp³-hybridized carbons (Fsp3) is 0.133. The summed E-state index contributed by atoms with van der Waals surface area (Å²) >= 11 is 6.10. The highest BCUT2D eigenvalue weighted by Gasteiger charge is 2.05. The molecule has 0 amide bonds. The molecule has 0 aliphatic carbocycles. The van der Waals surface area contributed by atoms with Crippen molar-refractivity contribution in [2.45, 2.75) is 6.42 Å². The number of aromatic amines is 1. The molecule has 3 aromatic rings. The number of hydrogen-bond donors (Lipinski definition) is 2. The zero-order valence-corrected chi connectivity index (χ0v) is 11.1. The van der Waals surface area contributed by atoms with Gasteiger partial charge in [-0.2, -0.15) is 0 Å². The second kappa shape index (κ2) is 5.33. The average Bonchev–Trinajstić information content (AvgIpc) is 2.84. The van der Waals surface area contributed by atoms with Crippen molar-refractivity contribution in [1.82, 2.24) is 9.97 Å². The molecule has 0 radical (unpaired) electrons. The van der Waals surface area contributed by atoms with Crippen molar-refractivity contribution >= 4 is 28.3 Å². The first kappa shape index (κ1) is 12.1. The molecule has 0 aliphatic rings. The number of hydrogen-bond acceptors (Lipinski definition) is 2. The number of nitrogens with zero attached hydrogens (tertiary/aromatic N) is 1. The van der Waals surface area contributed by atoms with Crippen LogP contribution in [0.25, 0.3) is 11.0 Å². The predicted octanol–water partition coefficient (Wildman–Crippen LogP) is 3.87. The minimum absolute atomic E-state index is 0.691. The Balaban J connectivity index is 1.67. The molecule has 0 atom stereocenters. The van der Waals surface area contributed by atoms with Gasteiger partial charge in [-0.25, -0.2) is 4.98 Å².